The van der Waals surface area contributed by atoms with Crippen LogP contribution in [0.15, 0.2) is 24.3 Å². The highest BCUT2D eigenvalue weighted by atomic mass is 35.5. The average Bonchev–Trinajstić information content (AvgIpc) is 2.27. The van der Waals surface area contributed by atoms with Crippen LogP contribution in [0.25, 0.3) is 11.4 Å². The molecule has 1 aromatic heterocycles. The summed E-state index contributed by atoms with van der Waals surface area (Å²) in [5.74, 6) is 0.0334. The monoisotopic (exact) mass is 274 g/mol. The molecule has 2 aromatic rings. The smallest absolute Gasteiger partial charge is 0.368 e. The van der Waals surface area contributed by atoms with Crippen LogP contribution in [0.5, 0.6) is 0 Å². The van der Waals surface area contributed by atoms with Crippen molar-refractivity contribution in [3.8, 4) is 11.4 Å². The first-order valence-electron chi connectivity index (χ1n) is 4.71. The lowest BCUT2D eigenvalue weighted by Crippen LogP contribution is -2.04. The van der Waals surface area contributed by atoms with Gasteiger partial charge in [-0.1, -0.05) is 12.1 Å². The van der Waals surface area contributed by atoms with Gasteiger partial charge in [0.15, 0.2) is 5.82 Å². The highest BCUT2D eigenvalue weighted by Gasteiger charge is 2.30. The number of benzene rings is 1. The van der Waals surface area contributed by atoms with Crippen LogP contribution in [0.2, 0.25) is 5.28 Å². The molecule has 0 radical (unpaired) electrons. The molecular weight excluding hydrogens is 269 g/mol. The minimum atomic E-state index is -4.38. The molecule has 0 fully saturated rings. The highest BCUT2D eigenvalue weighted by molar-refractivity contribution is 6.28. The summed E-state index contributed by atoms with van der Waals surface area (Å²) >= 11 is 5.58. The van der Waals surface area contributed by atoms with Gasteiger partial charge >= 0.3 is 6.18 Å². The van der Waals surface area contributed by atoms with Crippen LogP contribution in [-0.4, -0.2) is 15.0 Å². The lowest BCUT2D eigenvalue weighted by atomic mass is 10.1. The fourth-order valence-electron chi connectivity index (χ4n) is 1.30. The van der Waals surface area contributed by atoms with Gasteiger partial charge in [0.1, 0.15) is 0 Å². The molecule has 8 heteroatoms. The van der Waals surface area contributed by atoms with Gasteiger partial charge < -0.3 is 5.73 Å². The van der Waals surface area contributed by atoms with E-state index in [0.29, 0.717) is 5.56 Å². The molecule has 2 rings (SSSR count). The SMILES string of the molecule is Nc1nc(Cl)nc(-c2ccc(C(F)(F)F)cc2)n1. The van der Waals surface area contributed by atoms with Crippen LogP contribution in [-0.2, 0) is 6.18 Å². The van der Waals surface area contributed by atoms with E-state index in [1.54, 1.807) is 0 Å². The van der Waals surface area contributed by atoms with E-state index in [4.69, 9.17) is 17.3 Å². The lowest BCUT2D eigenvalue weighted by molar-refractivity contribution is -0.137. The minimum absolute atomic E-state index is 0.0927. The molecule has 0 unspecified atom stereocenters. The minimum Gasteiger partial charge on any atom is -0.368 e. The summed E-state index contributed by atoms with van der Waals surface area (Å²) in [6.07, 6.45) is -4.38. The van der Waals surface area contributed by atoms with E-state index in [2.05, 4.69) is 15.0 Å². The third-order valence-corrected chi connectivity index (χ3v) is 2.26. The summed E-state index contributed by atoms with van der Waals surface area (Å²) in [6, 6.07) is 4.36. The first-order chi connectivity index (χ1) is 8.36. The molecule has 0 saturated carbocycles. The number of nitrogen functional groups attached to an aromatic ring is 1. The number of aromatic nitrogens is 3. The summed E-state index contributed by atoms with van der Waals surface area (Å²) in [5.41, 5.74) is 4.99. The van der Waals surface area contributed by atoms with Gasteiger partial charge in [0.25, 0.3) is 0 Å². The van der Waals surface area contributed by atoms with Crippen LogP contribution < -0.4 is 5.73 Å². The van der Waals surface area contributed by atoms with E-state index in [1.165, 1.54) is 12.1 Å². The summed E-state index contributed by atoms with van der Waals surface area (Å²) < 4.78 is 37.1. The Morgan fingerprint density at radius 1 is 1.00 bits per heavy atom. The molecule has 0 saturated heterocycles. The average molecular weight is 275 g/mol. The summed E-state index contributed by atoms with van der Waals surface area (Å²) in [4.78, 5) is 11.1. The molecule has 1 heterocycles. The van der Waals surface area contributed by atoms with Crippen molar-refractivity contribution in [1.29, 1.82) is 0 Å². The van der Waals surface area contributed by atoms with Gasteiger partial charge in [-0.3, -0.25) is 0 Å². The molecule has 0 aliphatic heterocycles. The Morgan fingerprint density at radius 2 is 1.61 bits per heavy atom. The van der Waals surface area contributed by atoms with Crippen molar-refractivity contribution >= 4 is 17.5 Å². The molecule has 94 valence electrons. The lowest BCUT2D eigenvalue weighted by Gasteiger charge is -2.07. The first kappa shape index (κ1) is 12.6. The van der Waals surface area contributed by atoms with Crippen molar-refractivity contribution in [2.45, 2.75) is 6.18 Å². The second-order valence-corrected chi connectivity index (χ2v) is 3.70. The number of nitrogens with zero attached hydrogens (tertiary/aromatic N) is 3. The number of hydrogen-bond donors (Lipinski definition) is 1. The first-order valence-corrected chi connectivity index (χ1v) is 5.09. The highest BCUT2D eigenvalue weighted by Crippen LogP contribution is 2.30. The second kappa shape index (κ2) is 4.41. The predicted octanol–water partition coefficient (Wildman–Crippen LogP) is 2.79. The molecule has 2 N–H and O–H groups in total. The van der Waals surface area contributed by atoms with Crippen molar-refractivity contribution in [2.75, 3.05) is 5.73 Å². The van der Waals surface area contributed by atoms with Gasteiger partial charge in [-0.15, -0.1) is 0 Å². The van der Waals surface area contributed by atoms with Gasteiger partial charge in [-0.05, 0) is 23.7 Å². The largest absolute Gasteiger partial charge is 0.416 e. The van der Waals surface area contributed by atoms with Crippen LogP contribution in [0.3, 0.4) is 0 Å². The maximum Gasteiger partial charge on any atom is 0.416 e. The second-order valence-electron chi connectivity index (χ2n) is 3.36. The Kier molecular flexibility index (Phi) is 3.08. The molecule has 0 amide bonds. The third kappa shape index (κ3) is 2.67. The zero-order valence-corrected chi connectivity index (χ0v) is 9.50. The third-order valence-electron chi connectivity index (χ3n) is 2.10. The number of hydrogen-bond acceptors (Lipinski definition) is 4. The van der Waals surface area contributed by atoms with E-state index in [9.17, 15) is 13.2 Å². The normalized spacial score (nSPS) is 11.6. The van der Waals surface area contributed by atoms with E-state index >= 15 is 0 Å². The molecule has 0 aliphatic rings. The number of nitrogens with two attached hydrogens (primary N) is 1. The molecule has 4 nitrogen and oxygen atoms in total. The Hall–Kier alpha value is -1.89. The van der Waals surface area contributed by atoms with Crippen LogP contribution in [0, 0.1) is 0 Å². The molecule has 1 aromatic carbocycles. The zero-order valence-electron chi connectivity index (χ0n) is 8.74. The Morgan fingerprint density at radius 3 is 2.11 bits per heavy atom. The van der Waals surface area contributed by atoms with Gasteiger partial charge in [0, 0.05) is 5.56 Å². The molecule has 0 spiro atoms. The molecule has 0 aliphatic carbocycles. The van der Waals surface area contributed by atoms with Crippen LogP contribution in [0.1, 0.15) is 5.56 Å². The van der Waals surface area contributed by atoms with Crippen molar-refractivity contribution in [3.63, 3.8) is 0 Å². The van der Waals surface area contributed by atoms with Crippen molar-refractivity contribution in [2.24, 2.45) is 0 Å². The molecule has 0 bridgehead atoms. The Balaban J connectivity index is 2.40. The summed E-state index contributed by atoms with van der Waals surface area (Å²) in [6.45, 7) is 0. The molecule has 0 atom stereocenters. The summed E-state index contributed by atoms with van der Waals surface area (Å²) in [7, 11) is 0. The van der Waals surface area contributed by atoms with Gasteiger partial charge in [-0.25, -0.2) is 0 Å². The maximum atomic E-state index is 12.4. The van der Waals surface area contributed by atoms with Gasteiger partial charge in [-0.2, -0.15) is 28.1 Å². The number of halogens is 4. The summed E-state index contributed by atoms with van der Waals surface area (Å²) in [5, 5.41) is -0.114. The van der Waals surface area contributed by atoms with Crippen molar-refractivity contribution in [1.82, 2.24) is 15.0 Å². The Bertz CT molecular complexity index is 548. The van der Waals surface area contributed by atoms with E-state index < -0.39 is 11.7 Å². The van der Waals surface area contributed by atoms with Gasteiger partial charge in [0.05, 0.1) is 5.56 Å². The molecule has 18 heavy (non-hydrogen) atoms. The standard InChI is InChI=1S/C10H6ClF3N4/c11-8-16-7(17-9(15)18-8)5-1-3-6(4-2-5)10(12,13)14/h1-4H,(H2,15,16,17,18). The van der Waals surface area contributed by atoms with Crippen LogP contribution in [0.4, 0.5) is 19.1 Å². The fourth-order valence-corrected chi connectivity index (χ4v) is 1.47. The van der Waals surface area contributed by atoms with Crippen LogP contribution >= 0.6 is 11.6 Å². The van der Waals surface area contributed by atoms with E-state index in [-0.39, 0.29) is 17.1 Å². The van der Waals surface area contributed by atoms with Crippen molar-refractivity contribution in [3.05, 3.63) is 35.1 Å². The van der Waals surface area contributed by atoms with E-state index in [1.807, 2.05) is 0 Å². The number of alkyl halides is 3. The fraction of sp³-hybridized carbons (Fsp3) is 0.100. The van der Waals surface area contributed by atoms with E-state index in [0.717, 1.165) is 12.1 Å². The predicted molar refractivity (Wildman–Crippen MR) is 59.7 cm³/mol. The van der Waals surface area contributed by atoms with Gasteiger partial charge in [0.2, 0.25) is 11.2 Å². The number of anilines is 1. The van der Waals surface area contributed by atoms with Crippen molar-refractivity contribution < 1.29 is 13.2 Å². The maximum absolute atomic E-state index is 12.4. The Labute approximate surface area is 105 Å². The number of rotatable bonds is 1. The quantitative estimate of drug-likeness (QED) is 0.868. The zero-order chi connectivity index (χ0) is 13.3. The topological polar surface area (TPSA) is 64.7 Å². The molecular formula is C10H6ClF3N4.